The van der Waals surface area contributed by atoms with Crippen LogP contribution in [0.4, 0.5) is 5.13 Å². The minimum absolute atomic E-state index is 0.130. The maximum atomic E-state index is 12.1. The van der Waals surface area contributed by atoms with Crippen molar-refractivity contribution in [3.8, 4) is 11.3 Å². The average molecular weight is 324 g/mol. The van der Waals surface area contributed by atoms with Gasteiger partial charge in [-0.15, -0.1) is 11.3 Å². The predicted molar refractivity (Wildman–Crippen MR) is 83.8 cm³/mol. The third kappa shape index (κ3) is 3.41. The molecule has 3 rings (SSSR count). The van der Waals surface area contributed by atoms with E-state index in [0.29, 0.717) is 29.9 Å². The summed E-state index contributed by atoms with van der Waals surface area (Å²) in [4.78, 5) is 16.5. The van der Waals surface area contributed by atoms with E-state index in [1.54, 1.807) is 0 Å². The first-order chi connectivity index (χ1) is 10.2. The summed E-state index contributed by atoms with van der Waals surface area (Å²) in [5.41, 5.74) is 1.61. The van der Waals surface area contributed by atoms with Gasteiger partial charge in [0.05, 0.1) is 18.9 Å². The van der Waals surface area contributed by atoms with Crippen LogP contribution in [0.5, 0.6) is 0 Å². The molecule has 2 heterocycles. The molecule has 1 aliphatic heterocycles. The lowest BCUT2D eigenvalue weighted by molar-refractivity contribution is -0.120. The molecule has 1 aromatic heterocycles. The van der Waals surface area contributed by atoms with Gasteiger partial charge in [0.15, 0.2) is 5.13 Å². The van der Waals surface area contributed by atoms with Crippen LogP contribution in [-0.4, -0.2) is 36.7 Å². The number of ether oxygens (including phenoxy) is 1. The smallest absolute Gasteiger partial charge is 0.245 e. The molecule has 2 aromatic rings. The van der Waals surface area contributed by atoms with Crippen LogP contribution in [-0.2, 0) is 9.53 Å². The molecule has 7 heteroatoms. The van der Waals surface area contributed by atoms with Crippen LogP contribution in [0, 0.1) is 0 Å². The first-order valence-corrected chi connectivity index (χ1v) is 7.82. The van der Waals surface area contributed by atoms with Gasteiger partial charge in [-0.2, -0.15) is 0 Å². The van der Waals surface area contributed by atoms with Gasteiger partial charge in [0.2, 0.25) is 5.91 Å². The number of hydrogen-bond acceptors (Lipinski definition) is 5. The van der Waals surface area contributed by atoms with Crippen molar-refractivity contribution in [2.45, 2.75) is 6.04 Å². The number of carbonyl (C=O) groups is 1. The number of thiazole rings is 1. The first kappa shape index (κ1) is 14.5. The molecule has 1 amide bonds. The molecular formula is C14H14ClN3O2S. The standard InChI is InChI=1S/C14H14ClN3O2S/c15-10-4-2-1-3-9(10)12-8-21-14(17-12)18-13(19)11-7-20-6-5-16-11/h1-4,8,11,16H,5-7H2,(H,17,18,19). The summed E-state index contributed by atoms with van der Waals surface area (Å²) in [5, 5.41) is 8.99. The number of halogens is 1. The second kappa shape index (κ2) is 6.53. The van der Waals surface area contributed by atoms with Crippen molar-refractivity contribution < 1.29 is 9.53 Å². The second-order valence-electron chi connectivity index (χ2n) is 4.59. The van der Waals surface area contributed by atoms with Crippen LogP contribution < -0.4 is 10.6 Å². The van der Waals surface area contributed by atoms with Gasteiger partial charge in [-0.3, -0.25) is 4.79 Å². The van der Waals surface area contributed by atoms with Gasteiger partial charge >= 0.3 is 0 Å². The number of nitrogens with one attached hydrogen (secondary N) is 2. The lowest BCUT2D eigenvalue weighted by Gasteiger charge is -2.22. The highest BCUT2D eigenvalue weighted by Crippen LogP contribution is 2.30. The Bertz CT molecular complexity index is 641. The Hall–Kier alpha value is -1.47. The SMILES string of the molecule is O=C(Nc1nc(-c2ccccc2Cl)cs1)C1COCCN1. The maximum Gasteiger partial charge on any atom is 0.245 e. The van der Waals surface area contributed by atoms with E-state index in [9.17, 15) is 4.79 Å². The summed E-state index contributed by atoms with van der Waals surface area (Å²) in [6.45, 7) is 1.70. The number of aromatic nitrogens is 1. The van der Waals surface area contributed by atoms with Crippen LogP contribution in [0.15, 0.2) is 29.6 Å². The van der Waals surface area contributed by atoms with Gasteiger partial charge in [0, 0.05) is 22.5 Å². The van der Waals surface area contributed by atoms with E-state index in [1.165, 1.54) is 11.3 Å². The Morgan fingerprint density at radius 1 is 1.48 bits per heavy atom. The highest BCUT2D eigenvalue weighted by Gasteiger charge is 2.22. The molecule has 0 aliphatic carbocycles. The van der Waals surface area contributed by atoms with E-state index < -0.39 is 0 Å². The Morgan fingerprint density at radius 3 is 3.10 bits per heavy atom. The Kier molecular flexibility index (Phi) is 4.50. The van der Waals surface area contributed by atoms with Crippen LogP contribution >= 0.6 is 22.9 Å². The Balaban J connectivity index is 1.70. The molecule has 0 saturated carbocycles. The van der Waals surface area contributed by atoms with Gasteiger partial charge < -0.3 is 15.4 Å². The zero-order valence-corrected chi connectivity index (χ0v) is 12.7. The number of carbonyl (C=O) groups excluding carboxylic acids is 1. The number of benzene rings is 1. The largest absolute Gasteiger partial charge is 0.378 e. The number of nitrogens with zero attached hydrogens (tertiary/aromatic N) is 1. The highest BCUT2D eigenvalue weighted by molar-refractivity contribution is 7.14. The molecule has 0 radical (unpaired) electrons. The van der Waals surface area contributed by atoms with Crippen LogP contribution in [0.25, 0.3) is 11.3 Å². The third-order valence-electron chi connectivity index (χ3n) is 3.12. The summed E-state index contributed by atoms with van der Waals surface area (Å²) in [6.07, 6.45) is 0. The van der Waals surface area contributed by atoms with E-state index in [0.717, 1.165) is 11.3 Å². The molecule has 1 saturated heterocycles. The minimum atomic E-state index is -0.327. The molecule has 1 unspecified atom stereocenters. The van der Waals surface area contributed by atoms with E-state index in [-0.39, 0.29) is 11.9 Å². The van der Waals surface area contributed by atoms with E-state index >= 15 is 0 Å². The number of amides is 1. The fourth-order valence-electron chi connectivity index (χ4n) is 2.05. The third-order valence-corrected chi connectivity index (χ3v) is 4.21. The van der Waals surface area contributed by atoms with Gasteiger partial charge in [-0.05, 0) is 6.07 Å². The maximum absolute atomic E-state index is 12.1. The van der Waals surface area contributed by atoms with Crippen molar-refractivity contribution in [1.29, 1.82) is 0 Å². The average Bonchev–Trinajstić information content (AvgIpc) is 2.97. The molecule has 0 spiro atoms. The quantitative estimate of drug-likeness (QED) is 0.910. The molecule has 1 aromatic carbocycles. The monoisotopic (exact) mass is 323 g/mol. The number of hydrogen-bond donors (Lipinski definition) is 2. The van der Waals surface area contributed by atoms with Gasteiger partial charge in [0.1, 0.15) is 6.04 Å². The number of anilines is 1. The molecule has 0 bridgehead atoms. The van der Waals surface area contributed by atoms with Crippen molar-refractivity contribution in [1.82, 2.24) is 10.3 Å². The van der Waals surface area contributed by atoms with E-state index in [2.05, 4.69) is 15.6 Å². The summed E-state index contributed by atoms with van der Waals surface area (Å²) in [7, 11) is 0. The van der Waals surface area contributed by atoms with Gasteiger partial charge in [-0.1, -0.05) is 29.8 Å². The van der Waals surface area contributed by atoms with Crippen molar-refractivity contribution in [3.05, 3.63) is 34.7 Å². The Labute approximate surface area is 131 Å². The van der Waals surface area contributed by atoms with Crippen LogP contribution in [0.3, 0.4) is 0 Å². The van der Waals surface area contributed by atoms with Crippen molar-refractivity contribution in [3.63, 3.8) is 0 Å². The Morgan fingerprint density at radius 2 is 2.33 bits per heavy atom. The fraction of sp³-hybridized carbons (Fsp3) is 0.286. The van der Waals surface area contributed by atoms with E-state index in [4.69, 9.17) is 16.3 Å². The lowest BCUT2D eigenvalue weighted by Crippen LogP contribution is -2.48. The van der Waals surface area contributed by atoms with Crippen molar-refractivity contribution in [2.75, 3.05) is 25.1 Å². The minimum Gasteiger partial charge on any atom is -0.378 e. The molecule has 1 fully saturated rings. The summed E-state index contributed by atoms with van der Waals surface area (Å²) in [6, 6.07) is 7.17. The number of rotatable bonds is 3. The molecular weight excluding hydrogens is 310 g/mol. The highest BCUT2D eigenvalue weighted by atomic mass is 35.5. The van der Waals surface area contributed by atoms with Crippen LogP contribution in [0.1, 0.15) is 0 Å². The first-order valence-electron chi connectivity index (χ1n) is 6.56. The second-order valence-corrected chi connectivity index (χ2v) is 5.85. The fourth-order valence-corrected chi connectivity index (χ4v) is 3.00. The molecule has 110 valence electrons. The summed E-state index contributed by atoms with van der Waals surface area (Å²) < 4.78 is 5.27. The van der Waals surface area contributed by atoms with E-state index in [1.807, 2.05) is 29.6 Å². The zero-order valence-electron chi connectivity index (χ0n) is 11.1. The van der Waals surface area contributed by atoms with Crippen LogP contribution in [0.2, 0.25) is 5.02 Å². The van der Waals surface area contributed by atoms with Crippen molar-refractivity contribution in [2.24, 2.45) is 0 Å². The molecule has 5 nitrogen and oxygen atoms in total. The lowest BCUT2D eigenvalue weighted by atomic mass is 10.2. The molecule has 21 heavy (non-hydrogen) atoms. The number of morpholine rings is 1. The molecule has 1 aliphatic rings. The summed E-state index contributed by atoms with van der Waals surface area (Å²) in [5.74, 6) is -0.130. The topological polar surface area (TPSA) is 63.2 Å². The molecule has 2 N–H and O–H groups in total. The van der Waals surface area contributed by atoms with Gasteiger partial charge in [-0.25, -0.2) is 4.98 Å². The predicted octanol–water partition coefficient (Wildman–Crippen LogP) is 2.39. The molecule has 1 atom stereocenters. The van der Waals surface area contributed by atoms with Gasteiger partial charge in [0.25, 0.3) is 0 Å². The van der Waals surface area contributed by atoms with Crippen molar-refractivity contribution >= 4 is 34.0 Å². The summed E-state index contributed by atoms with van der Waals surface area (Å²) >= 11 is 7.52. The zero-order chi connectivity index (χ0) is 14.7. The normalized spacial score (nSPS) is 18.4.